The Bertz CT molecular complexity index is 438. The fraction of sp³-hybridized carbons (Fsp3) is 0.357. The maximum atomic E-state index is 11.5. The van der Waals surface area contributed by atoms with Gasteiger partial charge in [-0.1, -0.05) is 12.0 Å². The summed E-state index contributed by atoms with van der Waals surface area (Å²) in [6, 6.07) is 7.33. The first-order valence-corrected chi connectivity index (χ1v) is 5.43. The topological polar surface area (TPSA) is 38.3 Å². The van der Waals surface area contributed by atoms with E-state index in [0.717, 1.165) is 11.3 Å². The Kier molecular flexibility index (Phi) is 4.17. The highest BCUT2D eigenvalue weighted by Crippen LogP contribution is 2.10. The minimum atomic E-state index is -0.459. The molecule has 0 aliphatic heterocycles. The van der Waals surface area contributed by atoms with Gasteiger partial charge in [0.15, 0.2) is 0 Å². The highest BCUT2D eigenvalue weighted by molar-refractivity contribution is 5.75. The van der Waals surface area contributed by atoms with Crippen LogP contribution in [0, 0.1) is 12.3 Å². The van der Waals surface area contributed by atoms with Gasteiger partial charge in [-0.2, -0.15) is 0 Å². The number of carbonyl (C=O) groups excluding carboxylic acids is 1. The number of hydrogen-bond acceptors (Lipinski definition) is 3. The van der Waals surface area contributed by atoms with Crippen LogP contribution in [-0.2, 0) is 9.53 Å². The van der Waals surface area contributed by atoms with E-state index in [0.29, 0.717) is 0 Å². The van der Waals surface area contributed by atoms with Crippen LogP contribution in [0.1, 0.15) is 26.3 Å². The van der Waals surface area contributed by atoms with Gasteiger partial charge in [-0.3, -0.25) is 4.79 Å². The molecule has 3 nitrogen and oxygen atoms in total. The number of rotatable bonds is 3. The lowest BCUT2D eigenvalue weighted by Gasteiger charge is -2.19. The number of carbonyl (C=O) groups is 1. The first-order valence-electron chi connectivity index (χ1n) is 5.43. The molecule has 0 spiro atoms. The van der Waals surface area contributed by atoms with E-state index in [9.17, 15) is 4.79 Å². The van der Waals surface area contributed by atoms with Gasteiger partial charge >= 0.3 is 5.97 Å². The Balaban J connectivity index is 2.51. The predicted octanol–water partition coefficient (Wildman–Crippen LogP) is 2.42. The molecule has 0 amide bonds. The molecule has 0 fully saturated rings. The lowest BCUT2D eigenvalue weighted by atomic mass is 10.2. The minimum absolute atomic E-state index is 0.130. The molecular formula is C14H17NO2. The maximum absolute atomic E-state index is 11.5. The fourth-order valence-corrected chi connectivity index (χ4v) is 1.27. The van der Waals surface area contributed by atoms with Crippen molar-refractivity contribution >= 4 is 11.7 Å². The molecule has 0 aromatic heterocycles. The van der Waals surface area contributed by atoms with Gasteiger partial charge in [-0.05, 0) is 39.0 Å². The number of benzene rings is 1. The molecule has 1 rings (SSSR count). The zero-order chi connectivity index (χ0) is 12.9. The number of nitrogens with one attached hydrogen (secondary N) is 1. The van der Waals surface area contributed by atoms with Crippen LogP contribution in [-0.4, -0.2) is 18.1 Å². The van der Waals surface area contributed by atoms with Crippen LogP contribution in [0.2, 0.25) is 0 Å². The van der Waals surface area contributed by atoms with Crippen molar-refractivity contribution in [2.45, 2.75) is 26.4 Å². The summed E-state index contributed by atoms with van der Waals surface area (Å²) in [4.78, 5) is 11.5. The van der Waals surface area contributed by atoms with Crippen LogP contribution in [0.4, 0.5) is 5.69 Å². The van der Waals surface area contributed by atoms with Crippen molar-refractivity contribution in [3.8, 4) is 12.3 Å². The van der Waals surface area contributed by atoms with Crippen LogP contribution in [0.3, 0.4) is 0 Å². The molecule has 0 aliphatic carbocycles. The Morgan fingerprint density at radius 2 is 2.18 bits per heavy atom. The lowest BCUT2D eigenvalue weighted by Crippen LogP contribution is -2.28. The average Bonchev–Trinajstić information content (AvgIpc) is 2.24. The van der Waals surface area contributed by atoms with E-state index in [4.69, 9.17) is 11.2 Å². The minimum Gasteiger partial charge on any atom is -0.459 e. The number of anilines is 1. The highest BCUT2D eigenvalue weighted by atomic mass is 16.6. The molecule has 1 N–H and O–H groups in total. The summed E-state index contributed by atoms with van der Waals surface area (Å²) in [6.45, 7) is 5.64. The molecule has 0 heterocycles. The van der Waals surface area contributed by atoms with Gasteiger partial charge in [0, 0.05) is 11.3 Å². The Labute approximate surface area is 102 Å². The SMILES string of the molecule is C#Cc1cccc(NCC(=O)OC(C)(C)C)c1. The molecule has 0 saturated heterocycles. The smallest absolute Gasteiger partial charge is 0.325 e. The van der Waals surface area contributed by atoms with Crippen molar-refractivity contribution in [3.63, 3.8) is 0 Å². The largest absolute Gasteiger partial charge is 0.459 e. The fourth-order valence-electron chi connectivity index (χ4n) is 1.27. The molecule has 0 aliphatic rings. The second-order valence-corrected chi connectivity index (χ2v) is 4.67. The number of esters is 1. The lowest BCUT2D eigenvalue weighted by molar-refractivity contribution is -0.152. The van der Waals surface area contributed by atoms with Gasteiger partial charge in [0.25, 0.3) is 0 Å². The molecule has 0 radical (unpaired) electrons. The third kappa shape index (κ3) is 5.07. The molecule has 1 aromatic carbocycles. The van der Waals surface area contributed by atoms with Crippen molar-refractivity contribution < 1.29 is 9.53 Å². The average molecular weight is 231 g/mol. The zero-order valence-electron chi connectivity index (χ0n) is 10.4. The monoisotopic (exact) mass is 231 g/mol. The number of ether oxygens (including phenoxy) is 1. The van der Waals surface area contributed by atoms with Crippen LogP contribution in [0.5, 0.6) is 0 Å². The van der Waals surface area contributed by atoms with Crippen molar-refractivity contribution in [2.75, 3.05) is 11.9 Å². The number of hydrogen-bond donors (Lipinski definition) is 1. The van der Waals surface area contributed by atoms with E-state index in [-0.39, 0.29) is 12.5 Å². The van der Waals surface area contributed by atoms with Crippen LogP contribution in [0.15, 0.2) is 24.3 Å². The van der Waals surface area contributed by atoms with E-state index in [1.54, 1.807) is 0 Å². The van der Waals surface area contributed by atoms with Gasteiger partial charge in [0.1, 0.15) is 12.1 Å². The first kappa shape index (κ1) is 13.1. The quantitative estimate of drug-likeness (QED) is 0.641. The maximum Gasteiger partial charge on any atom is 0.325 e. The highest BCUT2D eigenvalue weighted by Gasteiger charge is 2.15. The molecule has 0 atom stereocenters. The molecule has 0 unspecified atom stereocenters. The summed E-state index contributed by atoms with van der Waals surface area (Å²) in [5.74, 6) is 2.25. The molecule has 0 saturated carbocycles. The molecule has 17 heavy (non-hydrogen) atoms. The van der Waals surface area contributed by atoms with E-state index in [1.807, 2.05) is 45.0 Å². The van der Waals surface area contributed by atoms with Crippen molar-refractivity contribution in [1.82, 2.24) is 0 Å². The van der Waals surface area contributed by atoms with Crippen LogP contribution >= 0.6 is 0 Å². The molecule has 0 bridgehead atoms. The van der Waals surface area contributed by atoms with Crippen molar-refractivity contribution in [2.24, 2.45) is 0 Å². The Morgan fingerprint density at radius 1 is 1.47 bits per heavy atom. The van der Waals surface area contributed by atoms with E-state index < -0.39 is 5.60 Å². The predicted molar refractivity (Wildman–Crippen MR) is 68.7 cm³/mol. The van der Waals surface area contributed by atoms with E-state index >= 15 is 0 Å². The number of terminal acetylenes is 1. The van der Waals surface area contributed by atoms with Gasteiger partial charge in [-0.15, -0.1) is 6.42 Å². The summed E-state index contributed by atoms with van der Waals surface area (Å²) in [5.41, 5.74) is 1.13. The molecular weight excluding hydrogens is 214 g/mol. The summed E-state index contributed by atoms with van der Waals surface area (Å²) >= 11 is 0. The first-order chi connectivity index (χ1) is 7.90. The van der Waals surface area contributed by atoms with Crippen LogP contribution < -0.4 is 5.32 Å². The third-order valence-electron chi connectivity index (χ3n) is 1.89. The summed E-state index contributed by atoms with van der Waals surface area (Å²) in [7, 11) is 0. The normalized spacial score (nSPS) is 10.5. The summed E-state index contributed by atoms with van der Waals surface area (Å²) in [6.07, 6.45) is 5.29. The molecule has 90 valence electrons. The van der Waals surface area contributed by atoms with E-state index in [1.165, 1.54) is 0 Å². The van der Waals surface area contributed by atoms with E-state index in [2.05, 4.69) is 11.2 Å². The van der Waals surface area contributed by atoms with Gasteiger partial charge in [0.2, 0.25) is 0 Å². The second kappa shape index (κ2) is 5.40. The second-order valence-electron chi connectivity index (χ2n) is 4.67. The Hall–Kier alpha value is -1.95. The third-order valence-corrected chi connectivity index (χ3v) is 1.89. The standard InChI is InChI=1S/C14H17NO2/c1-5-11-7-6-8-12(9-11)15-10-13(16)17-14(2,3)4/h1,6-9,15H,10H2,2-4H3. The van der Waals surface area contributed by atoms with Crippen molar-refractivity contribution in [3.05, 3.63) is 29.8 Å². The van der Waals surface area contributed by atoms with Gasteiger partial charge in [0.05, 0.1) is 0 Å². The van der Waals surface area contributed by atoms with Crippen molar-refractivity contribution in [1.29, 1.82) is 0 Å². The summed E-state index contributed by atoms with van der Waals surface area (Å²) in [5, 5.41) is 2.97. The van der Waals surface area contributed by atoms with Crippen LogP contribution in [0.25, 0.3) is 0 Å². The van der Waals surface area contributed by atoms with Gasteiger partial charge < -0.3 is 10.1 Å². The zero-order valence-corrected chi connectivity index (χ0v) is 10.4. The van der Waals surface area contributed by atoms with Gasteiger partial charge in [-0.25, -0.2) is 0 Å². The molecule has 1 aromatic rings. The Morgan fingerprint density at radius 3 is 2.76 bits per heavy atom. The summed E-state index contributed by atoms with van der Waals surface area (Å²) < 4.78 is 5.17. The molecule has 3 heteroatoms.